The molecule has 0 bridgehead atoms. The average Bonchev–Trinajstić information content (AvgIpc) is 3.41. The Morgan fingerprint density at radius 1 is 1.03 bits per heavy atom. The molecular formula is C25H22FN5. The van der Waals surface area contributed by atoms with Crippen molar-refractivity contribution in [3.63, 3.8) is 0 Å². The van der Waals surface area contributed by atoms with E-state index in [4.69, 9.17) is 4.98 Å². The quantitative estimate of drug-likeness (QED) is 0.372. The molecule has 3 aromatic heterocycles. The van der Waals surface area contributed by atoms with Crippen molar-refractivity contribution in [2.24, 2.45) is 0 Å². The highest BCUT2D eigenvalue weighted by Gasteiger charge is 2.15. The number of pyridine rings is 1. The highest BCUT2D eigenvalue weighted by atomic mass is 19.1. The number of hydrogen-bond acceptors (Lipinski definition) is 3. The number of aromatic nitrogens is 5. The fourth-order valence-electron chi connectivity index (χ4n) is 3.28. The maximum atomic E-state index is 13.6. The summed E-state index contributed by atoms with van der Waals surface area (Å²) < 4.78 is 13.6. The molecule has 5 nitrogen and oxygen atoms in total. The van der Waals surface area contributed by atoms with Gasteiger partial charge in [0.2, 0.25) is 0 Å². The second kappa shape index (κ2) is 8.75. The van der Waals surface area contributed by atoms with Crippen molar-refractivity contribution in [3.8, 4) is 22.6 Å². The summed E-state index contributed by atoms with van der Waals surface area (Å²) in [5, 5.41) is 7.05. The molecular weight excluding hydrogens is 389 g/mol. The zero-order chi connectivity index (χ0) is 21.8. The van der Waals surface area contributed by atoms with E-state index in [0.29, 0.717) is 5.82 Å². The lowest BCUT2D eigenvalue weighted by atomic mass is 10.0. The zero-order valence-corrected chi connectivity index (χ0v) is 17.4. The maximum Gasteiger partial charge on any atom is 0.157 e. The molecule has 0 saturated heterocycles. The number of imidazole rings is 1. The van der Waals surface area contributed by atoms with Gasteiger partial charge in [-0.2, -0.15) is 5.10 Å². The van der Waals surface area contributed by atoms with Gasteiger partial charge in [0.05, 0.1) is 17.2 Å². The minimum absolute atomic E-state index is 0.265. The van der Waals surface area contributed by atoms with Crippen LogP contribution >= 0.6 is 0 Å². The van der Waals surface area contributed by atoms with Gasteiger partial charge in [-0.25, -0.2) is 9.37 Å². The number of fused-ring (bicyclic) bond motifs is 1. The van der Waals surface area contributed by atoms with Gasteiger partial charge in [0.15, 0.2) is 5.82 Å². The number of H-pyrrole nitrogens is 2. The molecule has 0 unspecified atom stereocenters. The van der Waals surface area contributed by atoms with Crippen LogP contribution in [-0.4, -0.2) is 25.1 Å². The summed E-state index contributed by atoms with van der Waals surface area (Å²) in [7, 11) is 0. The second-order valence-electron chi connectivity index (χ2n) is 7.27. The zero-order valence-electron chi connectivity index (χ0n) is 17.4. The molecule has 31 heavy (non-hydrogen) atoms. The Balaban J connectivity index is 0.000000282. The smallest absolute Gasteiger partial charge is 0.157 e. The molecule has 154 valence electrons. The molecule has 0 fully saturated rings. The van der Waals surface area contributed by atoms with Crippen LogP contribution in [0, 0.1) is 12.7 Å². The molecule has 0 aliphatic rings. The normalized spacial score (nSPS) is 10.5. The monoisotopic (exact) mass is 411 g/mol. The lowest BCUT2D eigenvalue weighted by molar-refractivity contribution is 0.628. The van der Waals surface area contributed by atoms with Crippen molar-refractivity contribution in [1.29, 1.82) is 0 Å². The van der Waals surface area contributed by atoms with E-state index >= 15 is 0 Å². The van der Waals surface area contributed by atoms with E-state index in [-0.39, 0.29) is 5.82 Å². The molecule has 3 heterocycles. The van der Waals surface area contributed by atoms with E-state index in [1.54, 1.807) is 18.5 Å². The number of rotatable bonds is 3. The first-order chi connectivity index (χ1) is 15.0. The number of aryl methyl sites for hydroxylation is 1. The minimum Gasteiger partial charge on any atom is -0.337 e. The largest absolute Gasteiger partial charge is 0.337 e. The number of nitrogens with one attached hydrogen (secondary N) is 2. The Bertz CT molecular complexity index is 1330. The van der Waals surface area contributed by atoms with Gasteiger partial charge in [-0.05, 0) is 54.8 Å². The number of hydrogen-bond donors (Lipinski definition) is 2. The van der Waals surface area contributed by atoms with Gasteiger partial charge < -0.3 is 4.98 Å². The van der Waals surface area contributed by atoms with Crippen molar-refractivity contribution >= 4 is 16.6 Å². The molecule has 6 heteroatoms. The summed E-state index contributed by atoms with van der Waals surface area (Å²) in [5.41, 5.74) is 7.18. The van der Waals surface area contributed by atoms with Crippen molar-refractivity contribution < 1.29 is 4.39 Å². The number of aromatic amines is 2. The molecule has 5 rings (SSSR count). The van der Waals surface area contributed by atoms with E-state index in [1.165, 1.54) is 17.7 Å². The molecule has 0 aliphatic heterocycles. The van der Waals surface area contributed by atoms with Crippen LogP contribution in [0.2, 0.25) is 0 Å². The lowest BCUT2D eigenvalue weighted by Crippen LogP contribution is -1.86. The Hall–Kier alpha value is -4.06. The molecule has 0 spiro atoms. The van der Waals surface area contributed by atoms with Crippen LogP contribution in [0.5, 0.6) is 0 Å². The summed E-state index contributed by atoms with van der Waals surface area (Å²) in [6.07, 6.45) is 5.34. The van der Waals surface area contributed by atoms with Crippen LogP contribution in [0.1, 0.15) is 18.1 Å². The van der Waals surface area contributed by atoms with E-state index in [0.717, 1.165) is 39.0 Å². The van der Waals surface area contributed by atoms with Crippen LogP contribution < -0.4 is 0 Å². The van der Waals surface area contributed by atoms with Gasteiger partial charge in [-0.1, -0.05) is 36.9 Å². The van der Waals surface area contributed by atoms with Gasteiger partial charge >= 0.3 is 0 Å². The summed E-state index contributed by atoms with van der Waals surface area (Å²) in [6.45, 7) is 7.92. The molecule has 2 N–H and O–H groups in total. The first-order valence-electron chi connectivity index (χ1n) is 9.84. The lowest BCUT2D eigenvalue weighted by Gasteiger charge is -2.02. The number of halogens is 1. The predicted molar refractivity (Wildman–Crippen MR) is 123 cm³/mol. The van der Waals surface area contributed by atoms with E-state index in [2.05, 4.69) is 26.7 Å². The highest BCUT2D eigenvalue weighted by molar-refractivity contribution is 5.94. The molecule has 5 aromatic rings. The van der Waals surface area contributed by atoms with Crippen molar-refractivity contribution in [3.05, 3.63) is 96.7 Å². The van der Waals surface area contributed by atoms with Crippen molar-refractivity contribution in [2.45, 2.75) is 13.8 Å². The van der Waals surface area contributed by atoms with E-state index in [1.807, 2.05) is 56.4 Å². The van der Waals surface area contributed by atoms with Crippen molar-refractivity contribution in [2.75, 3.05) is 0 Å². The van der Waals surface area contributed by atoms with Crippen LogP contribution in [-0.2, 0) is 0 Å². The standard InChI is InChI=1S/C19H15FN4.C6H7N/c1-11(2)15-10-21-24-18(15)19-22-16-8-4-7-14(17(16)23-19)12-5-3-6-13(20)9-12;1-6-3-2-4-7-5-6/h3-10H,1H2,2H3,(H,21,24)(H,22,23);2-5H,1H3. The maximum absolute atomic E-state index is 13.6. The topological polar surface area (TPSA) is 70.2 Å². The summed E-state index contributed by atoms with van der Waals surface area (Å²) in [4.78, 5) is 11.9. The number of para-hydroxylation sites is 1. The van der Waals surface area contributed by atoms with Gasteiger partial charge in [-0.15, -0.1) is 0 Å². The fraction of sp³-hybridized carbons (Fsp3) is 0.0800. The molecule has 2 aromatic carbocycles. The SMILES string of the molecule is C=C(C)c1cn[nH]c1-c1nc2c(-c3cccc(F)c3)cccc2[nH]1.Cc1cccnc1. The van der Waals surface area contributed by atoms with E-state index in [9.17, 15) is 4.39 Å². The molecule has 0 amide bonds. The van der Waals surface area contributed by atoms with Gasteiger partial charge in [0.1, 0.15) is 11.5 Å². The Morgan fingerprint density at radius 2 is 1.87 bits per heavy atom. The van der Waals surface area contributed by atoms with Gasteiger partial charge in [0.25, 0.3) is 0 Å². The minimum atomic E-state index is -0.265. The average molecular weight is 411 g/mol. The van der Waals surface area contributed by atoms with Gasteiger partial charge in [0, 0.05) is 23.5 Å². The third kappa shape index (κ3) is 4.43. The summed E-state index contributed by atoms with van der Waals surface area (Å²) >= 11 is 0. The number of allylic oxidation sites excluding steroid dienone is 1. The van der Waals surface area contributed by atoms with E-state index < -0.39 is 0 Å². The Morgan fingerprint density at radius 3 is 2.55 bits per heavy atom. The third-order valence-electron chi connectivity index (χ3n) is 4.79. The first-order valence-corrected chi connectivity index (χ1v) is 9.84. The number of nitrogens with zero attached hydrogens (tertiary/aromatic N) is 3. The molecule has 0 atom stereocenters. The third-order valence-corrected chi connectivity index (χ3v) is 4.79. The van der Waals surface area contributed by atoms with Crippen LogP contribution in [0.25, 0.3) is 39.3 Å². The number of benzene rings is 2. The second-order valence-corrected chi connectivity index (χ2v) is 7.27. The highest BCUT2D eigenvalue weighted by Crippen LogP contribution is 2.31. The Labute approximate surface area is 179 Å². The van der Waals surface area contributed by atoms with Crippen molar-refractivity contribution in [1.82, 2.24) is 25.1 Å². The van der Waals surface area contributed by atoms with Gasteiger partial charge in [-0.3, -0.25) is 10.1 Å². The fourth-order valence-corrected chi connectivity index (χ4v) is 3.28. The van der Waals surface area contributed by atoms with Crippen LogP contribution in [0.4, 0.5) is 4.39 Å². The first kappa shape index (κ1) is 20.2. The van der Waals surface area contributed by atoms with Crippen LogP contribution in [0.15, 0.2) is 79.8 Å². The summed E-state index contributed by atoms with van der Waals surface area (Å²) in [5.74, 6) is 0.419. The molecule has 0 radical (unpaired) electrons. The predicted octanol–water partition coefficient (Wildman–Crippen LogP) is 6.18. The van der Waals surface area contributed by atoms with Crippen LogP contribution in [0.3, 0.4) is 0 Å². The summed E-state index contributed by atoms with van der Waals surface area (Å²) in [6, 6.07) is 16.3. The molecule has 0 aliphatic carbocycles. The molecule has 0 saturated carbocycles. The Kier molecular flexibility index (Phi) is 5.71.